The summed E-state index contributed by atoms with van der Waals surface area (Å²) in [4.78, 5) is 1.95. The Morgan fingerprint density at radius 3 is 2.56 bits per heavy atom. The van der Waals surface area contributed by atoms with E-state index in [4.69, 9.17) is 34.0 Å². The van der Waals surface area contributed by atoms with Crippen LogP contribution in [0.2, 0.25) is 5.02 Å². The largest absolute Gasteiger partial charge is 0.455 e. The number of hydrogen-bond acceptors (Lipinski definition) is 4. The van der Waals surface area contributed by atoms with Crippen molar-refractivity contribution in [2.24, 2.45) is 10.8 Å². The quantitative estimate of drug-likeness (QED) is 0.435. The van der Waals surface area contributed by atoms with Crippen LogP contribution in [0.15, 0.2) is 39.9 Å². The summed E-state index contributed by atoms with van der Waals surface area (Å²) >= 11 is 11.0. The second-order valence-corrected chi connectivity index (χ2v) is 6.73. The second-order valence-electron chi connectivity index (χ2n) is 5.90. The third kappa shape index (κ3) is 5.95. The molecule has 10 heteroatoms. The van der Waals surface area contributed by atoms with E-state index < -0.39 is 11.7 Å². The van der Waals surface area contributed by atoms with E-state index in [1.807, 2.05) is 19.0 Å². The first-order valence-corrected chi connectivity index (χ1v) is 8.59. The summed E-state index contributed by atoms with van der Waals surface area (Å²) in [5.74, 6) is 0.521. The lowest BCUT2D eigenvalue weighted by atomic mass is 10.1. The van der Waals surface area contributed by atoms with E-state index in [2.05, 4.69) is 5.10 Å². The molecule has 0 aliphatic carbocycles. The molecule has 0 spiro atoms. The molecule has 27 heavy (non-hydrogen) atoms. The molecule has 2 rings (SSSR count). The summed E-state index contributed by atoms with van der Waals surface area (Å²) in [6.07, 6.45) is -3.08. The maximum absolute atomic E-state index is 12.9. The van der Waals surface area contributed by atoms with Gasteiger partial charge in [0, 0.05) is 12.1 Å². The number of hydrazone groups is 1. The van der Waals surface area contributed by atoms with Crippen LogP contribution in [0.5, 0.6) is 0 Å². The summed E-state index contributed by atoms with van der Waals surface area (Å²) in [6.45, 7) is 1.16. The standard InChI is InChI=1S/C17H18ClF3N4OS/c1-24(2)7-8-25(16(22)27)23-10-12-4-6-15(26-12)13-9-11(17(19,20)21)3-5-14(13)18/h3-6,9-10H,7-8H2,1-2H3,(H2,22,27). The van der Waals surface area contributed by atoms with Gasteiger partial charge >= 0.3 is 6.18 Å². The highest BCUT2D eigenvalue weighted by molar-refractivity contribution is 7.80. The lowest BCUT2D eigenvalue weighted by molar-refractivity contribution is -0.137. The number of alkyl halides is 3. The fourth-order valence-corrected chi connectivity index (χ4v) is 2.45. The Morgan fingerprint density at radius 1 is 1.26 bits per heavy atom. The van der Waals surface area contributed by atoms with Crippen molar-refractivity contribution >= 4 is 35.1 Å². The van der Waals surface area contributed by atoms with Crippen molar-refractivity contribution in [1.82, 2.24) is 9.91 Å². The van der Waals surface area contributed by atoms with E-state index in [-0.39, 0.29) is 21.5 Å². The smallest absolute Gasteiger partial charge is 0.416 e. The third-order valence-corrected chi connectivity index (χ3v) is 4.06. The Labute approximate surface area is 165 Å². The fraction of sp³-hybridized carbons (Fsp3) is 0.294. The molecular formula is C17H18ClF3N4OS. The van der Waals surface area contributed by atoms with E-state index in [9.17, 15) is 13.2 Å². The van der Waals surface area contributed by atoms with Crippen LogP contribution in [0, 0.1) is 0 Å². The van der Waals surface area contributed by atoms with Crippen molar-refractivity contribution in [2.75, 3.05) is 27.2 Å². The van der Waals surface area contributed by atoms with Crippen molar-refractivity contribution in [3.8, 4) is 11.3 Å². The van der Waals surface area contributed by atoms with Gasteiger partial charge in [-0.1, -0.05) is 11.6 Å². The van der Waals surface area contributed by atoms with Gasteiger partial charge in [0.15, 0.2) is 5.11 Å². The lowest BCUT2D eigenvalue weighted by Crippen LogP contribution is -2.36. The van der Waals surface area contributed by atoms with E-state index in [0.29, 0.717) is 18.8 Å². The molecule has 5 nitrogen and oxygen atoms in total. The van der Waals surface area contributed by atoms with Gasteiger partial charge in [0.05, 0.1) is 23.3 Å². The van der Waals surface area contributed by atoms with Gasteiger partial charge in [0.1, 0.15) is 11.5 Å². The van der Waals surface area contributed by atoms with E-state index >= 15 is 0 Å². The molecule has 0 saturated heterocycles. The molecule has 0 saturated carbocycles. The predicted molar refractivity (Wildman–Crippen MR) is 104 cm³/mol. The fourth-order valence-electron chi connectivity index (χ4n) is 2.10. The number of hydrogen-bond donors (Lipinski definition) is 1. The molecule has 1 aromatic carbocycles. The molecule has 0 bridgehead atoms. The van der Waals surface area contributed by atoms with Crippen molar-refractivity contribution in [1.29, 1.82) is 0 Å². The molecule has 2 aromatic rings. The summed E-state index contributed by atoms with van der Waals surface area (Å²) in [5, 5.41) is 5.83. The van der Waals surface area contributed by atoms with Crippen LogP contribution in [0.1, 0.15) is 11.3 Å². The van der Waals surface area contributed by atoms with Gasteiger partial charge in [-0.3, -0.25) is 0 Å². The maximum Gasteiger partial charge on any atom is 0.416 e. The van der Waals surface area contributed by atoms with Crippen molar-refractivity contribution in [3.63, 3.8) is 0 Å². The minimum Gasteiger partial charge on any atom is -0.455 e. The summed E-state index contributed by atoms with van der Waals surface area (Å²) in [6, 6.07) is 6.14. The Kier molecular flexibility index (Phi) is 6.85. The van der Waals surface area contributed by atoms with Gasteiger partial charge in [0.25, 0.3) is 0 Å². The number of rotatable bonds is 6. The summed E-state index contributed by atoms with van der Waals surface area (Å²) < 4.78 is 44.3. The van der Waals surface area contributed by atoms with E-state index in [1.165, 1.54) is 23.4 Å². The Balaban J connectivity index is 2.22. The van der Waals surface area contributed by atoms with Gasteiger partial charge in [-0.15, -0.1) is 0 Å². The predicted octanol–water partition coefficient (Wildman–Crippen LogP) is 4.06. The monoisotopic (exact) mass is 418 g/mol. The lowest BCUT2D eigenvalue weighted by Gasteiger charge is -2.18. The molecule has 0 radical (unpaired) electrons. The van der Waals surface area contributed by atoms with Gasteiger partial charge in [-0.2, -0.15) is 18.3 Å². The Bertz CT molecular complexity index is 836. The highest BCUT2D eigenvalue weighted by Gasteiger charge is 2.31. The Hall–Kier alpha value is -2.10. The van der Waals surface area contributed by atoms with Crippen molar-refractivity contribution < 1.29 is 17.6 Å². The second kappa shape index (κ2) is 8.73. The molecule has 1 heterocycles. The van der Waals surface area contributed by atoms with Crippen molar-refractivity contribution in [3.05, 3.63) is 46.7 Å². The zero-order chi connectivity index (χ0) is 20.2. The first-order chi connectivity index (χ1) is 12.6. The molecule has 0 unspecified atom stereocenters. The normalized spacial score (nSPS) is 12.1. The molecule has 0 aliphatic heterocycles. The number of thiocarbonyl (C=S) groups is 1. The van der Waals surface area contributed by atoms with Crippen LogP contribution in [0.25, 0.3) is 11.3 Å². The number of likely N-dealkylation sites (N-methyl/N-ethyl adjacent to an activating group) is 1. The average molecular weight is 419 g/mol. The molecule has 0 atom stereocenters. The average Bonchev–Trinajstić information content (AvgIpc) is 3.02. The summed E-state index contributed by atoms with van der Waals surface area (Å²) in [7, 11) is 3.80. The van der Waals surface area contributed by atoms with Crippen LogP contribution in [-0.4, -0.2) is 48.4 Å². The van der Waals surface area contributed by atoms with E-state index in [0.717, 1.165) is 12.1 Å². The van der Waals surface area contributed by atoms with Crippen LogP contribution in [0.3, 0.4) is 0 Å². The zero-order valence-corrected chi connectivity index (χ0v) is 16.2. The molecule has 0 fully saturated rings. The maximum atomic E-state index is 12.9. The first-order valence-electron chi connectivity index (χ1n) is 7.80. The summed E-state index contributed by atoms with van der Waals surface area (Å²) in [5.41, 5.74) is 4.97. The van der Waals surface area contributed by atoms with Crippen molar-refractivity contribution in [2.45, 2.75) is 6.18 Å². The highest BCUT2D eigenvalue weighted by Crippen LogP contribution is 2.36. The highest BCUT2D eigenvalue weighted by atomic mass is 35.5. The topological polar surface area (TPSA) is 58.0 Å². The van der Waals surface area contributed by atoms with Gasteiger partial charge < -0.3 is 15.1 Å². The third-order valence-electron chi connectivity index (χ3n) is 3.52. The number of nitrogens with two attached hydrogens (primary N) is 1. The molecule has 2 N–H and O–H groups in total. The minimum atomic E-state index is -4.47. The first kappa shape index (κ1) is 21.2. The minimum absolute atomic E-state index is 0.0980. The number of benzene rings is 1. The molecule has 0 aliphatic rings. The van der Waals surface area contributed by atoms with Gasteiger partial charge in [-0.25, -0.2) is 5.01 Å². The van der Waals surface area contributed by atoms with Crippen LogP contribution in [0.4, 0.5) is 13.2 Å². The number of halogens is 4. The zero-order valence-electron chi connectivity index (χ0n) is 14.6. The van der Waals surface area contributed by atoms with Crippen LogP contribution >= 0.6 is 23.8 Å². The van der Waals surface area contributed by atoms with E-state index in [1.54, 1.807) is 6.07 Å². The van der Waals surface area contributed by atoms with Crippen LogP contribution < -0.4 is 5.73 Å². The molecular weight excluding hydrogens is 401 g/mol. The molecule has 146 valence electrons. The molecule has 1 aromatic heterocycles. The number of nitrogens with zero attached hydrogens (tertiary/aromatic N) is 3. The number of furan rings is 1. The van der Waals surface area contributed by atoms with Gasteiger partial charge in [-0.05, 0) is 56.6 Å². The SMILES string of the molecule is CN(C)CCN(N=Cc1ccc(-c2cc(C(F)(F)F)ccc2Cl)o1)C(N)=S. The van der Waals surface area contributed by atoms with Gasteiger partial charge in [0.2, 0.25) is 0 Å². The molecule has 0 amide bonds. The van der Waals surface area contributed by atoms with Crippen LogP contribution in [-0.2, 0) is 6.18 Å². The Morgan fingerprint density at radius 2 is 1.96 bits per heavy atom.